The normalized spacial score (nSPS) is 12.8. The van der Waals surface area contributed by atoms with Gasteiger partial charge in [0.2, 0.25) is 0 Å². The molecule has 0 aliphatic rings. The van der Waals surface area contributed by atoms with Crippen LogP contribution in [0.25, 0.3) is 0 Å². The van der Waals surface area contributed by atoms with Crippen LogP contribution in [0.4, 0.5) is 5.69 Å². The first-order valence-electron chi connectivity index (χ1n) is 5.67. The van der Waals surface area contributed by atoms with Gasteiger partial charge in [0.05, 0.1) is 24.0 Å². The summed E-state index contributed by atoms with van der Waals surface area (Å²) in [5.74, 6) is 0.0391. The fourth-order valence-corrected chi connectivity index (χ4v) is 1.61. The van der Waals surface area contributed by atoms with Gasteiger partial charge in [0.1, 0.15) is 0 Å². The molecule has 17 heavy (non-hydrogen) atoms. The summed E-state index contributed by atoms with van der Waals surface area (Å²) in [6.45, 7) is 5.72. The second-order valence-electron chi connectivity index (χ2n) is 4.59. The molecule has 1 amide bonds. The van der Waals surface area contributed by atoms with Crippen LogP contribution in [0.1, 0.15) is 36.5 Å². The maximum absolute atomic E-state index is 11.8. The molecule has 96 valence electrons. The summed E-state index contributed by atoms with van der Waals surface area (Å²) in [6, 6.07) is -0.265. The number of rotatable bonds is 5. The molecular weight excluding hydrogens is 220 g/mol. The van der Waals surface area contributed by atoms with E-state index < -0.39 is 0 Å². The summed E-state index contributed by atoms with van der Waals surface area (Å²) in [6.07, 6.45) is 0.714. The van der Waals surface area contributed by atoms with E-state index in [0.717, 1.165) is 0 Å². The van der Waals surface area contributed by atoms with Crippen LogP contribution in [0, 0.1) is 12.8 Å². The lowest BCUT2D eigenvalue weighted by atomic mass is 10.0. The summed E-state index contributed by atoms with van der Waals surface area (Å²) in [5, 5.41) is 18.4. The predicted octanol–water partition coefficient (Wildman–Crippen LogP) is 0.437. The van der Waals surface area contributed by atoms with Gasteiger partial charge in [-0.25, -0.2) is 0 Å². The number of anilines is 1. The fraction of sp³-hybridized carbons (Fsp3) is 0.636. The van der Waals surface area contributed by atoms with Gasteiger partial charge in [0, 0.05) is 0 Å². The van der Waals surface area contributed by atoms with Crippen molar-refractivity contribution in [1.82, 2.24) is 15.5 Å². The lowest BCUT2D eigenvalue weighted by Gasteiger charge is -2.17. The van der Waals surface area contributed by atoms with Gasteiger partial charge in [-0.2, -0.15) is 5.10 Å². The van der Waals surface area contributed by atoms with Gasteiger partial charge in [-0.15, -0.1) is 0 Å². The van der Waals surface area contributed by atoms with Gasteiger partial charge in [-0.1, -0.05) is 13.8 Å². The molecule has 0 saturated carbocycles. The van der Waals surface area contributed by atoms with E-state index in [1.54, 1.807) is 6.92 Å². The molecule has 0 aliphatic carbocycles. The Kier molecular flexibility index (Phi) is 4.51. The van der Waals surface area contributed by atoms with Crippen LogP contribution >= 0.6 is 0 Å². The van der Waals surface area contributed by atoms with Crippen LogP contribution < -0.4 is 11.1 Å². The molecule has 1 aromatic heterocycles. The van der Waals surface area contributed by atoms with E-state index in [9.17, 15) is 9.90 Å². The summed E-state index contributed by atoms with van der Waals surface area (Å²) < 4.78 is 0. The first kappa shape index (κ1) is 13.5. The standard InChI is InChI=1S/C11H20N4O2/c1-6(2)4-8(5-16)13-11(17)10-9(12)7(3)14-15-10/h6,8,16H,4-5,12H2,1-3H3,(H,13,17)(H,14,15). The van der Waals surface area contributed by atoms with Crippen LogP contribution in [0.5, 0.6) is 0 Å². The molecule has 1 heterocycles. The Morgan fingerprint density at radius 2 is 2.24 bits per heavy atom. The Balaban J connectivity index is 2.68. The highest BCUT2D eigenvalue weighted by Gasteiger charge is 2.19. The van der Waals surface area contributed by atoms with Gasteiger partial charge in [0.25, 0.3) is 5.91 Å². The SMILES string of the molecule is Cc1[nH]nc(C(=O)NC(CO)CC(C)C)c1N. The highest BCUT2D eigenvalue weighted by molar-refractivity contribution is 5.97. The number of aromatic nitrogens is 2. The minimum atomic E-state index is -0.355. The number of aryl methyl sites for hydroxylation is 1. The smallest absolute Gasteiger partial charge is 0.274 e. The van der Waals surface area contributed by atoms with Crippen LogP contribution in [0.15, 0.2) is 0 Å². The van der Waals surface area contributed by atoms with Crippen molar-refractivity contribution in [3.05, 3.63) is 11.4 Å². The molecule has 6 heteroatoms. The summed E-state index contributed by atoms with van der Waals surface area (Å²) in [5.41, 5.74) is 6.91. The van der Waals surface area contributed by atoms with Crippen molar-refractivity contribution in [3.63, 3.8) is 0 Å². The van der Waals surface area contributed by atoms with Crippen LogP contribution in [0.3, 0.4) is 0 Å². The van der Waals surface area contributed by atoms with Crippen LogP contribution in [-0.2, 0) is 0 Å². The van der Waals surface area contributed by atoms with Gasteiger partial charge < -0.3 is 16.2 Å². The van der Waals surface area contributed by atoms with E-state index in [1.807, 2.05) is 13.8 Å². The topological polar surface area (TPSA) is 104 Å². The lowest BCUT2D eigenvalue weighted by molar-refractivity contribution is 0.0904. The van der Waals surface area contributed by atoms with Crippen molar-refractivity contribution in [2.24, 2.45) is 5.92 Å². The van der Waals surface area contributed by atoms with Crippen molar-refractivity contribution in [3.8, 4) is 0 Å². The van der Waals surface area contributed by atoms with E-state index >= 15 is 0 Å². The Hall–Kier alpha value is -1.56. The fourth-order valence-electron chi connectivity index (χ4n) is 1.61. The van der Waals surface area contributed by atoms with Crippen molar-refractivity contribution in [2.45, 2.75) is 33.2 Å². The van der Waals surface area contributed by atoms with E-state index in [-0.39, 0.29) is 24.2 Å². The number of aromatic amines is 1. The molecule has 0 bridgehead atoms. The average molecular weight is 240 g/mol. The molecule has 0 radical (unpaired) electrons. The highest BCUT2D eigenvalue weighted by atomic mass is 16.3. The van der Waals surface area contributed by atoms with E-state index in [4.69, 9.17) is 5.73 Å². The zero-order valence-corrected chi connectivity index (χ0v) is 10.4. The Bertz CT molecular complexity index is 387. The molecular formula is C11H20N4O2. The zero-order chi connectivity index (χ0) is 13.0. The van der Waals surface area contributed by atoms with Gasteiger partial charge in [0.15, 0.2) is 5.69 Å². The van der Waals surface area contributed by atoms with E-state index in [1.165, 1.54) is 0 Å². The van der Waals surface area contributed by atoms with Crippen LogP contribution in [0.2, 0.25) is 0 Å². The molecule has 0 aromatic carbocycles. The third-order valence-corrected chi connectivity index (χ3v) is 2.52. The molecule has 1 aromatic rings. The Morgan fingerprint density at radius 1 is 1.59 bits per heavy atom. The van der Waals surface area contributed by atoms with Crippen LogP contribution in [-0.4, -0.2) is 33.9 Å². The number of aliphatic hydroxyl groups excluding tert-OH is 1. The van der Waals surface area contributed by atoms with E-state index in [0.29, 0.717) is 23.7 Å². The third kappa shape index (κ3) is 3.45. The maximum atomic E-state index is 11.8. The number of hydrogen-bond acceptors (Lipinski definition) is 4. The first-order chi connectivity index (χ1) is 7.95. The molecule has 1 rings (SSSR count). The number of carbonyl (C=O) groups excluding carboxylic acids is 1. The Labute approximate surface area is 101 Å². The quantitative estimate of drug-likeness (QED) is 0.599. The number of nitrogens with two attached hydrogens (primary N) is 1. The van der Waals surface area contributed by atoms with E-state index in [2.05, 4.69) is 15.5 Å². The maximum Gasteiger partial charge on any atom is 0.274 e. The van der Waals surface area contributed by atoms with Crippen molar-refractivity contribution >= 4 is 11.6 Å². The third-order valence-electron chi connectivity index (χ3n) is 2.52. The first-order valence-corrected chi connectivity index (χ1v) is 5.67. The number of aliphatic hydroxyl groups is 1. The molecule has 0 spiro atoms. The van der Waals surface area contributed by atoms with Gasteiger partial charge >= 0.3 is 0 Å². The molecule has 0 aliphatic heterocycles. The number of nitrogen functional groups attached to an aromatic ring is 1. The number of hydrogen-bond donors (Lipinski definition) is 4. The molecule has 0 saturated heterocycles. The largest absolute Gasteiger partial charge is 0.395 e. The summed E-state index contributed by atoms with van der Waals surface area (Å²) >= 11 is 0. The predicted molar refractivity (Wildman–Crippen MR) is 65.5 cm³/mol. The van der Waals surface area contributed by atoms with Gasteiger partial charge in [-0.3, -0.25) is 9.89 Å². The summed E-state index contributed by atoms with van der Waals surface area (Å²) in [4.78, 5) is 11.8. The summed E-state index contributed by atoms with van der Waals surface area (Å²) in [7, 11) is 0. The number of H-pyrrole nitrogens is 1. The second-order valence-corrected chi connectivity index (χ2v) is 4.59. The zero-order valence-electron chi connectivity index (χ0n) is 10.4. The average Bonchev–Trinajstić information content (AvgIpc) is 2.58. The molecule has 5 N–H and O–H groups in total. The highest BCUT2D eigenvalue weighted by Crippen LogP contribution is 2.13. The number of amides is 1. The van der Waals surface area contributed by atoms with Gasteiger partial charge in [-0.05, 0) is 19.3 Å². The minimum Gasteiger partial charge on any atom is -0.395 e. The molecule has 6 nitrogen and oxygen atoms in total. The Morgan fingerprint density at radius 3 is 2.65 bits per heavy atom. The number of nitrogens with zero attached hydrogens (tertiary/aromatic N) is 1. The molecule has 0 fully saturated rings. The van der Waals surface area contributed by atoms with Crippen molar-refractivity contribution in [2.75, 3.05) is 12.3 Å². The van der Waals surface area contributed by atoms with Crippen molar-refractivity contribution in [1.29, 1.82) is 0 Å². The second kappa shape index (κ2) is 5.67. The van der Waals surface area contributed by atoms with Crippen molar-refractivity contribution < 1.29 is 9.90 Å². The lowest BCUT2D eigenvalue weighted by Crippen LogP contribution is -2.38. The molecule has 1 atom stereocenters. The molecule has 1 unspecified atom stereocenters. The monoisotopic (exact) mass is 240 g/mol. The number of carbonyl (C=O) groups is 1. The number of nitrogens with one attached hydrogen (secondary N) is 2. The minimum absolute atomic E-state index is 0.0900.